The quantitative estimate of drug-likeness (QED) is 0.129. The molecule has 5 rings (SSSR count). The molecule has 0 radical (unpaired) electrons. The van der Waals surface area contributed by atoms with Gasteiger partial charge in [0, 0.05) is 23.1 Å². The molecule has 1 unspecified atom stereocenters. The molecule has 0 aliphatic carbocycles. The van der Waals surface area contributed by atoms with Crippen molar-refractivity contribution in [2.24, 2.45) is 0 Å². The molecule has 1 atom stereocenters. The van der Waals surface area contributed by atoms with E-state index in [4.69, 9.17) is 23.9 Å². The number of benzene rings is 3. The van der Waals surface area contributed by atoms with E-state index in [1.54, 1.807) is 32.1 Å². The Kier molecular flexibility index (Phi) is 9.99. The van der Waals surface area contributed by atoms with Gasteiger partial charge in [-0.05, 0) is 90.6 Å². The fourth-order valence-electron chi connectivity index (χ4n) is 5.28. The Hall–Kier alpha value is -4.80. The van der Waals surface area contributed by atoms with Crippen molar-refractivity contribution >= 4 is 35.0 Å². The summed E-state index contributed by atoms with van der Waals surface area (Å²) >= 11 is 0. The number of alkyl halides is 3. The minimum Gasteiger partial charge on any atom is -0.463 e. The molecule has 0 N–H and O–H groups in total. The summed E-state index contributed by atoms with van der Waals surface area (Å²) < 4.78 is 62.6. The highest BCUT2D eigenvalue weighted by Gasteiger charge is 2.30. The van der Waals surface area contributed by atoms with E-state index in [1.165, 1.54) is 24.3 Å². The minimum absolute atomic E-state index is 0.0566. The van der Waals surface area contributed by atoms with Gasteiger partial charge in [0.2, 0.25) is 6.29 Å². The lowest BCUT2D eigenvalue weighted by Gasteiger charge is -2.20. The van der Waals surface area contributed by atoms with Crippen LogP contribution in [0, 0.1) is 6.92 Å². The van der Waals surface area contributed by atoms with E-state index >= 15 is 0 Å². The number of hydrogen-bond acceptors (Lipinski definition) is 7. The maximum absolute atomic E-state index is 13.4. The third-order valence-electron chi connectivity index (χ3n) is 7.42. The van der Waals surface area contributed by atoms with Crippen LogP contribution >= 0.6 is 0 Å². The van der Waals surface area contributed by atoms with E-state index in [9.17, 15) is 22.8 Å². The van der Waals surface area contributed by atoms with Crippen LogP contribution in [0.4, 0.5) is 13.2 Å². The molecule has 0 spiro atoms. The Labute approximate surface area is 264 Å². The number of para-hydroxylation sites is 1. The average Bonchev–Trinajstić information content (AvgIpc) is 3.42. The fourth-order valence-corrected chi connectivity index (χ4v) is 5.28. The first-order valence-corrected chi connectivity index (χ1v) is 14.7. The zero-order valence-corrected chi connectivity index (χ0v) is 25.5. The number of carbonyl (C=O) groups is 2. The smallest absolute Gasteiger partial charge is 0.416 e. The summed E-state index contributed by atoms with van der Waals surface area (Å²) in [5, 5.41) is 0.975. The molecule has 0 amide bonds. The molecular formula is C36H32F3NO6. The first kappa shape index (κ1) is 32.6. The highest BCUT2D eigenvalue weighted by Crippen LogP contribution is 2.38. The molecular weight excluding hydrogens is 599 g/mol. The second-order valence-corrected chi connectivity index (χ2v) is 10.5. The lowest BCUT2D eigenvalue weighted by molar-refractivity contribution is -0.147. The van der Waals surface area contributed by atoms with Crippen LogP contribution in [0.5, 0.6) is 0 Å². The second kappa shape index (κ2) is 14.1. The minimum atomic E-state index is -4.50. The summed E-state index contributed by atoms with van der Waals surface area (Å²) in [6.07, 6.45) is 0.372. The molecule has 0 fully saturated rings. The van der Waals surface area contributed by atoms with Gasteiger partial charge in [-0.3, -0.25) is 0 Å². The summed E-state index contributed by atoms with van der Waals surface area (Å²) in [6, 6.07) is 16.3. The van der Waals surface area contributed by atoms with E-state index < -0.39 is 30.0 Å². The summed E-state index contributed by atoms with van der Waals surface area (Å²) in [7, 11) is 0. The molecule has 0 saturated carbocycles. The normalized spacial score (nSPS) is 14.7. The molecule has 10 heteroatoms. The molecule has 0 bridgehead atoms. The molecule has 1 aliphatic heterocycles. The van der Waals surface area contributed by atoms with Crippen molar-refractivity contribution in [2.75, 3.05) is 13.2 Å². The number of aromatic nitrogens is 1. The van der Waals surface area contributed by atoms with Gasteiger partial charge in [0.05, 0.1) is 37.5 Å². The largest absolute Gasteiger partial charge is 0.463 e. The number of esters is 2. The topological polar surface area (TPSA) is 84.0 Å². The zero-order chi connectivity index (χ0) is 32.8. The van der Waals surface area contributed by atoms with Gasteiger partial charge in [0.15, 0.2) is 0 Å². The molecule has 0 saturated heterocycles. The van der Waals surface area contributed by atoms with Crippen molar-refractivity contribution in [1.29, 1.82) is 0 Å². The van der Waals surface area contributed by atoms with Crippen LogP contribution in [0.3, 0.4) is 0 Å². The number of nitrogens with zero attached hydrogens (tertiary/aromatic N) is 1. The molecule has 7 nitrogen and oxygen atoms in total. The summed E-state index contributed by atoms with van der Waals surface area (Å²) in [6.45, 7) is 5.79. The molecule has 2 heterocycles. The van der Waals surface area contributed by atoms with Crippen LogP contribution in [0.15, 0.2) is 72.8 Å². The zero-order valence-electron chi connectivity index (χ0n) is 25.5. The molecule has 1 aromatic heterocycles. The fraction of sp³-hybridized carbons (Fsp3) is 0.250. The summed E-state index contributed by atoms with van der Waals surface area (Å²) in [5.41, 5.74) is 4.94. The van der Waals surface area contributed by atoms with Gasteiger partial charge in [-0.1, -0.05) is 36.4 Å². The number of aryl methyl sites for hydroxylation is 1. The number of ether oxygens (including phenoxy) is 4. The van der Waals surface area contributed by atoms with Gasteiger partial charge in [-0.15, -0.1) is 0 Å². The number of hydrogen-bond donors (Lipinski definition) is 0. The third kappa shape index (κ3) is 7.35. The predicted molar refractivity (Wildman–Crippen MR) is 167 cm³/mol. The Morgan fingerprint density at radius 1 is 0.935 bits per heavy atom. The van der Waals surface area contributed by atoms with Gasteiger partial charge >= 0.3 is 18.1 Å². The monoisotopic (exact) mass is 631 g/mol. The number of carbonyl (C=O) groups excluding carboxylic acids is 2. The Morgan fingerprint density at radius 3 is 2.24 bits per heavy atom. The first-order chi connectivity index (χ1) is 22.1. The highest BCUT2D eigenvalue weighted by molar-refractivity contribution is 5.92. The molecule has 238 valence electrons. The standard InChI is InChI=1S/C36H32F3NO6/c1-4-43-32(41)16-14-27-22(3)18-29(23-10-12-26(13-11-23)36(37,38)39)28(15-17-33(42)44-5-2)30(27)21-46-35-34-25(20-45-35)19-24-8-6-7-9-31(24)40-34/h6-19,35H,4-5,20-21H2,1-3H3/b16-14+,17-15?. The third-order valence-corrected chi connectivity index (χ3v) is 7.42. The molecule has 1 aliphatic rings. The summed E-state index contributed by atoms with van der Waals surface area (Å²) in [5.74, 6) is -1.14. The van der Waals surface area contributed by atoms with Crippen molar-refractivity contribution in [3.05, 3.63) is 112 Å². The van der Waals surface area contributed by atoms with Gasteiger partial charge in [0.1, 0.15) is 5.69 Å². The van der Waals surface area contributed by atoms with Gasteiger partial charge in [-0.25, -0.2) is 14.6 Å². The Balaban J connectivity index is 1.62. The van der Waals surface area contributed by atoms with Crippen LogP contribution in [-0.2, 0) is 47.9 Å². The molecule has 3 aromatic carbocycles. The van der Waals surface area contributed by atoms with Gasteiger partial charge in [0.25, 0.3) is 0 Å². The molecule has 4 aromatic rings. The van der Waals surface area contributed by atoms with E-state index in [0.29, 0.717) is 45.7 Å². The number of halogens is 3. The van der Waals surface area contributed by atoms with Crippen molar-refractivity contribution in [1.82, 2.24) is 4.98 Å². The Morgan fingerprint density at radius 2 is 1.59 bits per heavy atom. The van der Waals surface area contributed by atoms with Crippen molar-refractivity contribution in [3.63, 3.8) is 0 Å². The van der Waals surface area contributed by atoms with Crippen LogP contribution < -0.4 is 0 Å². The van der Waals surface area contributed by atoms with Crippen LogP contribution in [0.25, 0.3) is 34.2 Å². The second-order valence-electron chi connectivity index (χ2n) is 10.5. The predicted octanol–water partition coefficient (Wildman–Crippen LogP) is 8.13. The van der Waals surface area contributed by atoms with Crippen molar-refractivity contribution in [3.8, 4) is 11.1 Å². The lowest BCUT2D eigenvalue weighted by Crippen LogP contribution is -2.09. The van der Waals surface area contributed by atoms with E-state index in [0.717, 1.165) is 28.6 Å². The SMILES string of the molecule is CCOC(=O)C=Cc1c(-c2ccc(C(F)(F)F)cc2)cc(C)c(/C=C/C(=O)OCC)c1COC1OCc2cc3ccccc3nc21. The number of fused-ring (bicyclic) bond motifs is 2. The van der Waals surface area contributed by atoms with Crippen LogP contribution in [0.1, 0.15) is 59.2 Å². The van der Waals surface area contributed by atoms with E-state index in [-0.39, 0.29) is 19.8 Å². The lowest BCUT2D eigenvalue weighted by atomic mass is 9.88. The van der Waals surface area contributed by atoms with E-state index in [1.807, 2.05) is 37.3 Å². The van der Waals surface area contributed by atoms with Gasteiger partial charge < -0.3 is 18.9 Å². The van der Waals surface area contributed by atoms with Crippen molar-refractivity contribution in [2.45, 2.75) is 46.5 Å². The summed E-state index contributed by atoms with van der Waals surface area (Å²) in [4.78, 5) is 29.5. The number of pyridine rings is 1. The molecule has 46 heavy (non-hydrogen) atoms. The average molecular weight is 632 g/mol. The van der Waals surface area contributed by atoms with Crippen LogP contribution in [-0.4, -0.2) is 30.1 Å². The number of rotatable bonds is 10. The van der Waals surface area contributed by atoms with Crippen molar-refractivity contribution < 1.29 is 41.7 Å². The Bertz CT molecular complexity index is 1810. The van der Waals surface area contributed by atoms with Gasteiger partial charge in [-0.2, -0.15) is 13.2 Å². The maximum atomic E-state index is 13.4. The maximum Gasteiger partial charge on any atom is 0.416 e. The highest BCUT2D eigenvalue weighted by atomic mass is 19.4. The van der Waals surface area contributed by atoms with E-state index in [2.05, 4.69) is 0 Å². The van der Waals surface area contributed by atoms with Crippen LogP contribution in [0.2, 0.25) is 0 Å². The first-order valence-electron chi connectivity index (χ1n) is 14.7.